The molecule has 3 rings (SSSR count). The van der Waals surface area contributed by atoms with E-state index in [-0.39, 0.29) is 17.9 Å². The molecule has 28 heavy (non-hydrogen) atoms. The van der Waals surface area contributed by atoms with Crippen LogP contribution in [0.25, 0.3) is 0 Å². The van der Waals surface area contributed by atoms with Crippen molar-refractivity contribution >= 4 is 17.5 Å². The Balaban J connectivity index is 1.52. The Labute approximate surface area is 166 Å². The van der Waals surface area contributed by atoms with Gasteiger partial charge in [0.15, 0.2) is 0 Å². The fraction of sp³-hybridized carbons (Fsp3) is 0.391. The molecule has 0 saturated heterocycles. The molecular weight excluding hydrogens is 350 g/mol. The monoisotopic (exact) mass is 379 g/mol. The summed E-state index contributed by atoms with van der Waals surface area (Å²) in [5.41, 5.74) is 2.21. The lowest BCUT2D eigenvalue weighted by molar-refractivity contribution is -0.115. The highest BCUT2D eigenvalue weighted by Crippen LogP contribution is 2.17. The molecule has 5 nitrogen and oxygen atoms in total. The zero-order chi connectivity index (χ0) is 19.8. The molecule has 1 atom stereocenters. The first-order valence-electron chi connectivity index (χ1n) is 10.1. The van der Waals surface area contributed by atoms with Crippen molar-refractivity contribution in [3.05, 3.63) is 65.7 Å². The van der Waals surface area contributed by atoms with Gasteiger partial charge in [-0.3, -0.25) is 9.59 Å². The summed E-state index contributed by atoms with van der Waals surface area (Å²) in [6.07, 6.45) is 6.04. The van der Waals surface area contributed by atoms with Gasteiger partial charge < -0.3 is 16.0 Å². The Bertz CT molecular complexity index is 785. The summed E-state index contributed by atoms with van der Waals surface area (Å²) in [4.78, 5) is 24.8. The zero-order valence-electron chi connectivity index (χ0n) is 16.4. The predicted octanol–water partition coefficient (Wildman–Crippen LogP) is 4.04. The van der Waals surface area contributed by atoms with Crippen molar-refractivity contribution in [3.8, 4) is 0 Å². The molecule has 1 saturated carbocycles. The average molecular weight is 380 g/mol. The van der Waals surface area contributed by atoms with Crippen LogP contribution in [0.4, 0.5) is 5.69 Å². The van der Waals surface area contributed by atoms with Gasteiger partial charge in [0.05, 0.1) is 12.6 Å². The maximum absolute atomic E-state index is 12.6. The largest absolute Gasteiger partial charge is 0.346 e. The van der Waals surface area contributed by atoms with Gasteiger partial charge in [-0.2, -0.15) is 0 Å². The van der Waals surface area contributed by atoms with Crippen LogP contribution in [-0.4, -0.2) is 24.4 Å². The minimum Gasteiger partial charge on any atom is -0.346 e. The van der Waals surface area contributed by atoms with Crippen molar-refractivity contribution in [3.63, 3.8) is 0 Å². The summed E-state index contributed by atoms with van der Waals surface area (Å²) < 4.78 is 0. The predicted molar refractivity (Wildman–Crippen MR) is 112 cm³/mol. The highest BCUT2D eigenvalue weighted by atomic mass is 16.2. The second-order valence-corrected chi connectivity index (χ2v) is 7.45. The van der Waals surface area contributed by atoms with E-state index in [2.05, 4.69) is 16.0 Å². The smallest absolute Gasteiger partial charge is 0.251 e. The first kappa shape index (κ1) is 20.1. The summed E-state index contributed by atoms with van der Waals surface area (Å²) in [6, 6.07) is 17.2. The molecule has 0 radical (unpaired) electrons. The number of nitrogens with one attached hydrogen (secondary N) is 3. The average Bonchev–Trinajstić information content (AvgIpc) is 2.74. The molecule has 0 spiro atoms. The number of rotatable bonds is 7. The highest BCUT2D eigenvalue weighted by Gasteiger charge is 2.15. The van der Waals surface area contributed by atoms with Crippen LogP contribution in [0.3, 0.4) is 0 Å². The van der Waals surface area contributed by atoms with E-state index in [1.54, 1.807) is 24.3 Å². The second kappa shape index (κ2) is 10.0. The van der Waals surface area contributed by atoms with Gasteiger partial charge in [-0.25, -0.2) is 0 Å². The van der Waals surface area contributed by atoms with Crippen LogP contribution < -0.4 is 16.0 Å². The Morgan fingerprint density at radius 3 is 2.50 bits per heavy atom. The lowest BCUT2D eigenvalue weighted by atomic mass is 9.95. The van der Waals surface area contributed by atoms with Gasteiger partial charge in [0, 0.05) is 17.3 Å². The van der Waals surface area contributed by atoms with Crippen molar-refractivity contribution in [2.75, 3.05) is 11.9 Å². The number of carbonyl (C=O) groups excluding carboxylic acids is 2. The third kappa shape index (κ3) is 5.92. The van der Waals surface area contributed by atoms with Crippen LogP contribution in [0.15, 0.2) is 54.6 Å². The van der Waals surface area contributed by atoms with Gasteiger partial charge in [0.25, 0.3) is 5.91 Å². The van der Waals surface area contributed by atoms with E-state index in [0.717, 1.165) is 18.4 Å². The molecule has 0 aliphatic heterocycles. The maximum Gasteiger partial charge on any atom is 0.251 e. The molecule has 1 aliphatic carbocycles. The topological polar surface area (TPSA) is 70.2 Å². The van der Waals surface area contributed by atoms with E-state index in [1.807, 2.05) is 37.3 Å². The number of hydrogen-bond donors (Lipinski definition) is 3. The third-order valence-corrected chi connectivity index (χ3v) is 5.21. The molecule has 0 bridgehead atoms. The normalized spacial score (nSPS) is 15.6. The van der Waals surface area contributed by atoms with Gasteiger partial charge in [0.2, 0.25) is 5.91 Å². The van der Waals surface area contributed by atoms with Crippen molar-refractivity contribution in [1.82, 2.24) is 10.6 Å². The van der Waals surface area contributed by atoms with E-state index < -0.39 is 0 Å². The molecule has 0 aromatic heterocycles. The Morgan fingerprint density at radius 1 is 1.00 bits per heavy atom. The van der Waals surface area contributed by atoms with Crippen LogP contribution in [0, 0.1) is 0 Å². The van der Waals surface area contributed by atoms with Gasteiger partial charge in [0.1, 0.15) is 0 Å². The molecule has 1 unspecified atom stereocenters. The molecular formula is C23H29N3O2. The lowest BCUT2D eigenvalue weighted by Crippen LogP contribution is -2.37. The van der Waals surface area contributed by atoms with E-state index in [1.165, 1.54) is 19.3 Å². The van der Waals surface area contributed by atoms with Crippen molar-refractivity contribution < 1.29 is 9.59 Å². The molecule has 2 aromatic rings. The summed E-state index contributed by atoms with van der Waals surface area (Å²) in [7, 11) is 0. The summed E-state index contributed by atoms with van der Waals surface area (Å²) >= 11 is 0. The standard InChI is InChI=1S/C23H29N3O2/c1-17(18-9-4-2-5-10-18)25-23(28)19-11-8-14-21(15-19)26-22(27)16-24-20-12-6-3-7-13-20/h2,4-5,8-11,14-15,17,20,24H,3,6-7,12-13,16H2,1H3,(H,25,28)(H,26,27). The quantitative estimate of drug-likeness (QED) is 0.680. The maximum atomic E-state index is 12.6. The minimum atomic E-state index is -0.159. The van der Waals surface area contributed by atoms with Gasteiger partial charge >= 0.3 is 0 Å². The van der Waals surface area contributed by atoms with Crippen LogP contribution in [0.2, 0.25) is 0 Å². The Morgan fingerprint density at radius 2 is 1.75 bits per heavy atom. The van der Waals surface area contributed by atoms with Crippen LogP contribution in [-0.2, 0) is 4.79 Å². The highest BCUT2D eigenvalue weighted by molar-refractivity contribution is 5.97. The van der Waals surface area contributed by atoms with Crippen LogP contribution in [0.5, 0.6) is 0 Å². The number of carbonyl (C=O) groups is 2. The minimum absolute atomic E-state index is 0.0826. The zero-order valence-corrected chi connectivity index (χ0v) is 16.4. The first-order chi connectivity index (χ1) is 13.6. The van der Waals surface area contributed by atoms with E-state index >= 15 is 0 Å². The van der Waals surface area contributed by atoms with Crippen LogP contribution in [0.1, 0.15) is 61.0 Å². The summed E-state index contributed by atoms with van der Waals surface area (Å²) in [5.74, 6) is -0.242. The Kier molecular flexibility index (Phi) is 7.20. The molecule has 1 fully saturated rings. The molecule has 3 N–H and O–H groups in total. The van der Waals surface area contributed by atoms with Crippen molar-refractivity contribution in [2.24, 2.45) is 0 Å². The SMILES string of the molecule is CC(NC(=O)c1cccc(NC(=O)CNC2CCCCC2)c1)c1ccccc1. The summed E-state index contributed by atoms with van der Waals surface area (Å²) in [6.45, 7) is 2.25. The summed E-state index contributed by atoms with van der Waals surface area (Å²) in [5, 5.41) is 9.21. The van der Waals surface area contributed by atoms with E-state index in [4.69, 9.17) is 0 Å². The van der Waals surface area contributed by atoms with Gasteiger partial charge in [-0.15, -0.1) is 0 Å². The molecule has 2 aromatic carbocycles. The lowest BCUT2D eigenvalue weighted by Gasteiger charge is -2.22. The van der Waals surface area contributed by atoms with E-state index in [9.17, 15) is 9.59 Å². The van der Waals surface area contributed by atoms with Crippen LogP contribution >= 0.6 is 0 Å². The van der Waals surface area contributed by atoms with Crippen molar-refractivity contribution in [2.45, 2.75) is 51.1 Å². The fourth-order valence-corrected chi connectivity index (χ4v) is 3.59. The molecule has 2 amide bonds. The van der Waals surface area contributed by atoms with E-state index in [0.29, 0.717) is 23.8 Å². The number of amides is 2. The second-order valence-electron chi connectivity index (χ2n) is 7.45. The molecule has 148 valence electrons. The molecule has 1 aliphatic rings. The first-order valence-corrected chi connectivity index (χ1v) is 10.1. The number of hydrogen-bond acceptors (Lipinski definition) is 3. The fourth-order valence-electron chi connectivity index (χ4n) is 3.59. The Hall–Kier alpha value is -2.66. The van der Waals surface area contributed by atoms with Gasteiger partial charge in [-0.1, -0.05) is 55.7 Å². The molecule has 5 heteroatoms. The third-order valence-electron chi connectivity index (χ3n) is 5.21. The van der Waals surface area contributed by atoms with Gasteiger partial charge in [-0.05, 0) is 43.5 Å². The molecule has 0 heterocycles. The van der Waals surface area contributed by atoms with Crippen molar-refractivity contribution in [1.29, 1.82) is 0 Å². The number of anilines is 1. The number of benzene rings is 2.